The Morgan fingerprint density at radius 2 is 2.07 bits per heavy atom. The molecule has 0 saturated heterocycles. The van der Waals surface area contributed by atoms with E-state index in [0.717, 1.165) is 17.0 Å². The van der Waals surface area contributed by atoms with E-state index >= 15 is 0 Å². The molecule has 0 aliphatic heterocycles. The molecule has 4 aromatic rings. The molecule has 3 heterocycles. The number of carbonyl (C=O) groups excluding carboxylic acids is 1. The summed E-state index contributed by atoms with van der Waals surface area (Å²) in [4.78, 5) is 25.8. The molecule has 0 radical (unpaired) electrons. The minimum absolute atomic E-state index is 0.0221. The van der Waals surface area contributed by atoms with Crippen molar-refractivity contribution in [1.29, 1.82) is 0 Å². The molecule has 0 fully saturated rings. The second-order valence-corrected chi connectivity index (χ2v) is 7.29. The summed E-state index contributed by atoms with van der Waals surface area (Å²) in [6.07, 6.45) is 1.87. The van der Waals surface area contributed by atoms with Gasteiger partial charge in [0.2, 0.25) is 5.82 Å². The average molecular weight is 399 g/mol. The lowest BCUT2D eigenvalue weighted by Gasteiger charge is -2.04. The molecule has 0 saturated carbocycles. The topological polar surface area (TPSA) is 77.4 Å². The molecule has 0 bridgehead atoms. The number of carbonyl (C=O) groups is 1. The molecule has 0 aliphatic rings. The van der Waals surface area contributed by atoms with Crippen LogP contribution < -0.4 is 4.80 Å². The molecule has 1 aromatic carbocycles. The fourth-order valence-electron chi connectivity index (χ4n) is 2.71. The first-order valence-corrected chi connectivity index (χ1v) is 9.44. The Morgan fingerprint density at radius 3 is 2.89 bits per heavy atom. The number of thiazole rings is 1. The van der Waals surface area contributed by atoms with Crippen molar-refractivity contribution in [3.63, 3.8) is 0 Å². The van der Waals surface area contributed by atoms with Gasteiger partial charge in [-0.15, -0.1) is 16.4 Å². The molecule has 3 aromatic heterocycles. The molecule has 7 nitrogen and oxygen atoms in total. The summed E-state index contributed by atoms with van der Waals surface area (Å²) in [5, 5.41) is 6.78. The van der Waals surface area contributed by atoms with Gasteiger partial charge in [-0.2, -0.15) is 9.98 Å². The SMILES string of the molecule is Cc1cc(C)n2nc(C(=O)N=c3sccn3Cc3ccccc3Cl)nc2n1. The predicted octanol–water partition coefficient (Wildman–Crippen LogP) is 3.05. The van der Waals surface area contributed by atoms with Crippen molar-refractivity contribution in [2.24, 2.45) is 4.99 Å². The van der Waals surface area contributed by atoms with E-state index < -0.39 is 5.91 Å². The van der Waals surface area contributed by atoms with E-state index in [9.17, 15) is 4.79 Å². The number of benzene rings is 1. The van der Waals surface area contributed by atoms with Crippen LogP contribution in [0.15, 0.2) is 46.9 Å². The lowest BCUT2D eigenvalue weighted by atomic mass is 10.2. The lowest BCUT2D eigenvalue weighted by Crippen LogP contribution is -2.17. The Labute approximate surface area is 163 Å². The number of halogens is 1. The summed E-state index contributed by atoms with van der Waals surface area (Å²) in [5.74, 6) is -0.0945. The van der Waals surface area contributed by atoms with E-state index in [-0.39, 0.29) is 5.82 Å². The van der Waals surface area contributed by atoms with E-state index in [1.54, 1.807) is 4.52 Å². The highest BCUT2D eigenvalue weighted by molar-refractivity contribution is 7.07. The molecular weight excluding hydrogens is 384 g/mol. The minimum Gasteiger partial charge on any atom is -0.319 e. The summed E-state index contributed by atoms with van der Waals surface area (Å²) < 4.78 is 3.41. The van der Waals surface area contributed by atoms with Crippen molar-refractivity contribution in [2.45, 2.75) is 20.4 Å². The fourth-order valence-corrected chi connectivity index (χ4v) is 3.63. The molecule has 0 atom stereocenters. The van der Waals surface area contributed by atoms with E-state index in [2.05, 4.69) is 20.1 Å². The highest BCUT2D eigenvalue weighted by Crippen LogP contribution is 2.15. The average Bonchev–Trinajstić information content (AvgIpc) is 3.24. The lowest BCUT2D eigenvalue weighted by molar-refractivity contribution is 0.0988. The zero-order valence-corrected chi connectivity index (χ0v) is 16.2. The summed E-state index contributed by atoms with van der Waals surface area (Å²) in [7, 11) is 0. The highest BCUT2D eigenvalue weighted by atomic mass is 35.5. The van der Waals surface area contributed by atoms with Gasteiger partial charge in [0.1, 0.15) is 0 Å². The van der Waals surface area contributed by atoms with Gasteiger partial charge in [0.05, 0.1) is 6.54 Å². The zero-order chi connectivity index (χ0) is 19.0. The van der Waals surface area contributed by atoms with Gasteiger partial charge in [-0.25, -0.2) is 9.50 Å². The van der Waals surface area contributed by atoms with Gasteiger partial charge in [-0.1, -0.05) is 29.8 Å². The third-order valence-electron chi connectivity index (χ3n) is 3.97. The van der Waals surface area contributed by atoms with Gasteiger partial charge in [-0.3, -0.25) is 4.79 Å². The van der Waals surface area contributed by atoms with Crippen molar-refractivity contribution >= 4 is 34.6 Å². The number of fused-ring (bicyclic) bond motifs is 1. The van der Waals surface area contributed by atoms with E-state index in [4.69, 9.17) is 11.6 Å². The van der Waals surface area contributed by atoms with Gasteiger partial charge in [0.25, 0.3) is 5.78 Å². The van der Waals surface area contributed by atoms with Crippen LogP contribution in [-0.4, -0.2) is 30.1 Å². The Bertz CT molecular complexity index is 1220. The Hall–Kier alpha value is -2.84. The molecule has 0 N–H and O–H groups in total. The maximum atomic E-state index is 12.6. The van der Waals surface area contributed by atoms with Gasteiger partial charge in [-0.05, 0) is 31.5 Å². The van der Waals surface area contributed by atoms with Crippen molar-refractivity contribution in [3.8, 4) is 0 Å². The smallest absolute Gasteiger partial charge is 0.319 e. The van der Waals surface area contributed by atoms with Crippen LogP contribution in [0.25, 0.3) is 5.78 Å². The predicted molar refractivity (Wildman–Crippen MR) is 103 cm³/mol. The van der Waals surface area contributed by atoms with E-state index in [1.807, 2.05) is 60.3 Å². The van der Waals surface area contributed by atoms with Crippen LogP contribution in [0, 0.1) is 13.8 Å². The molecule has 27 heavy (non-hydrogen) atoms. The van der Waals surface area contributed by atoms with Crippen molar-refractivity contribution < 1.29 is 4.79 Å². The number of aryl methyl sites for hydroxylation is 2. The normalized spacial score (nSPS) is 12.0. The quantitative estimate of drug-likeness (QED) is 0.531. The fraction of sp³-hybridized carbons (Fsp3) is 0.167. The Morgan fingerprint density at radius 1 is 1.26 bits per heavy atom. The van der Waals surface area contributed by atoms with E-state index in [1.165, 1.54) is 11.3 Å². The third-order valence-corrected chi connectivity index (χ3v) is 5.13. The summed E-state index contributed by atoms with van der Waals surface area (Å²) >= 11 is 7.60. The van der Waals surface area contributed by atoms with Gasteiger partial charge >= 0.3 is 5.91 Å². The van der Waals surface area contributed by atoms with Gasteiger partial charge in [0.15, 0.2) is 4.80 Å². The molecule has 1 amide bonds. The molecule has 4 rings (SSSR count). The van der Waals surface area contributed by atoms with Crippen LogP contribution in [0.1, 0.15) is 27.6 Å². The van der Waals surface area contributed by atoms with Crippen molar-refractivity contribution in [2.75, 3.05) is 0 Å². The van der Waals surface area contributed by atoms with Crippen LogP contribution in [0.2, 0.25) is 5.02 Å². The highest BCUT2D eigenvalue weighted by Gasteiger charge is 2.15. The van der Waals surface area contributed by atoms with Crippen molar-refractivity contribution in [1.82, 2.24) is 24.1 Å². The van der Waals surface area contributed by atoms with Crippen LogP contribution in [0.5, 0.6) is 0 Å². The second-order valence-electron chi connectivity index (χ2n) is 6.01. The summed E-state index contributed by atoms with van der Waals surface area (Å²) in [6, 6.07) is 9.46. The standard InChI is InChI=1S/C18H15ClN6OS/c1-11-9-12(2)25-17(20-11)21-15(23-25)16(26)22-18-24(7-8-27-18)10-13-5-3-4-6-14(13)19/h3-9H,10H2,1-2H3. The first-order valence-electron chi connectivity index (χ1n) is 8.19. The van der Waals surface area contributed by atoms with Gasteiger partial charge < -0.3 is 4.57 Å². The monoisotopic (exact) mass is 398 g/mol. The number of aromatic nitrogens is 5. The first-order chi connectivity index (χ1) is 13.0. The van der Waals surface area contributed by atoms with Gasteiger partial charge in [0, 0.05) is 28.0 Å². The largest absolute Gasteiger partial charge is 0.319 e. The van der Waals surface area contributed by atoms with Crippen LogP contribution in [0.4, 0.5) is 0 Å². The molecule has 136 valence electrons. The Kier molecular flexibility index (Phi) is 4.59. The van der Waals surface area contributed by atoms with Crippen molar-refractivity contribution in [3.05, 3.63) is 74.5 Å². The summed E-state index contributed by atoms with van der Waals surface area (Å²) in [5.41, 5.74) is 2.63. The first kappa shape index (κ1) is 17.6. The summed E-state index contributed by atoms with van der Waals surface area (Å²) in [6.45, 7) is 4.28. The number of nitrogens with zero attached hydrogens (tertiary/aromatic N) is 6. The number of amides is 1. The maximum Gasteiger partial charge on any atom is 0.319 e. The molecule has 0 aliphatic carbocycles. The van der Waals surface area contributed by atoms with Crippen LogP contribution in [-0.2, 0) is 6.54 Å². The second kappa shape index (κ2) is 7.05. The minimum atomic E-state index is -0.507. The van der Waals surface area contributed by atoms with Crippen LogP contribution >= 0.6 is 22.9 Å². The molecule has 9 heteroatoms. The Balaban J connectivity index is 1.69. The number of rotatable bonds is 3. The van der Waals surface area contributed by atoms with Crippen LogP contribution in [0.3, 0.4) is 0 Å². The molecule has 0 spiro atoms. The maximum absolute atomic E-state index is 12.6. The third kappa shape index (κ3) is 3.54. The number of hydrogen-bond acceptors (Lipinski definition) is 5. The molecule has 0 unspecified atom stereocenters. The zero-order valence-electron chi connectivity index (χ0n) is 14.6. The molecular formula is C18H15ClN6OS. The van der Waals surface area contributed by atoms with E-state index in [0.29, 0.717) is 22.1 Å². The number of hydrogen-bond donors (Lipinski definition) is 0.